The Bertz CT molecular complexity index is 1590. The Morgan fingerprint density at radius 1 is 0.211 bits per heavy atom. The molecular weight excluding hydrogens is 1130 g/mol. The first-order chi connectivity index (χ1) is 43.7. The Labute approximate surface area is 554 Å². The quantitative estimate of drug-likeness (QED) is 0.0323. The molecule has 0 saturated heterocycles. The fourth-order valence-corrected chi connectivity index (χ4v) is 12.1. The van der Waals surface area contributed by atoms with E-state index in [-0.39, 0.29) is 50.4 Å². The van der Waals surface area contributed by atoms with Crippen LogP contribution in [0.2, 0.25) is 0 Å². The summed E-state index contributed by atoms with van der Waals surface area (Å²) < 4.78 is 34.0. The van der Waals surface area contributed by atoms with Crippen molar-refractivity contribution >= 4 is 35.8 Å². The molecule has 0 aliphatic heterocycles. The van der Waals surface area contributed by atoms with Gasteiger partial charge in [0.1, 0.15) is 13.2 Å². The zero-order valence-corrected chi connectivity index (χ0v) is 60.5. The fourth-order valence-electron chi connectivity index (χ4n) is 12.1. The van der Waals surface area contributed by atoms with Gasteiger partial charge in [0.25, 0.3) is 0 Å². The number of hydrogen-bond donors (Lipinski definition) is 0. The molecule has 12 heteroatoms. The van der Waals surface area contributed by atoms with Crippen molar-refractivity contribution in [2.24, 2.45) is 35.5 Å². The van der Waals surface area contributed by atoms with Crippen molar-refractivity contribution in [3.8, 4) is 0 Å². The second-order valence-corrected chi connectivity index (χ2v) is 27.8. The van der Waals surface area contributed by atoms with Crippen molar-refractivity contribution in [2.45, 2.75) is 396 Å². The average molecular weight is 1280 g/mol. The summed E-state index contributed by atoms with van der Waals surface area (Å²) in [6.45, 7) is 17.3. The van der Waals surface area contributed by atoms with E-state index in [0.717, 1.165) is 57.8 Å². The number of hydrogen-bond acceptors (Lipinski definition) is 12. The van der Waals surface area contributed by atoms with Gasteiger partial charge >= 0.3 is 35.8 Å². The Kier molecular flexibility index (Phi) is 62.2. The molecule has 0 saturated carbocycles. The summed E-state index contributed by atoms with van der Waals surface area (Å²) >= 11 is 0. The summed E-state index contributed by atoms with van der Waals surface area (Å²) in [5, 5.41) is 0. The summed E-state index contributed by atoms with van der Waals surface area (Å²) in [6.07, 6.45) is 60.3. The molecule has 0 aliphatic carbocycles. The molecule has 0 aromatic carbocycles. The van der Waals surface area contributed by atoms with Crippen LogP contribution in [0.5, 0.6) is 0 Å². The van der Waals surface area contributed by atoms with Crippen LogP contribution in [0.1, 0.15) is 390 Å². The van der Waals surface area contributed by atoms with Crippen molar-refractivity contribution in [1.29, 1.82) is 0 Å². The van der Waals surface area contributed by atoms with Gasteiger partial charge in [-0.05, 0) is 38.5 Å². The predicted octanol–water partition coefficient (Wildman–Crippen LogP) is 22.4. The Morgan fingerprint density at radius 3 is 0.556 bits per heavy atom. The molecule has 6 unspecified atom stereocenters. The van der Waals surface area contributed by atoms with Gasteiger partial charge < -0.3 is 28.4 Å². The second-order valence-electron chi connectivity index (χ2n) is 27.8. The van der Waals surface area contributed by atoms with Crippen LogP contribution in [0.15, 0.2) is 0 Å². The van der Waals surface area contributed by atoms with Gasteiger partial charge in [0.05, 0.1) is 55.3 Å². The minimum atomic E-state index is -1.14. The number of carbonyl (C=O) groups excluding carboxylic acids is 6. The van der Waals surface area contributed by atoms with Crippen molar-refractivity contribution < 1.29 is 57.2 Å². The van der Waals surface area contributed by atoms with Crippen LogP contribution in [0.25, 0.3) is 0 Å². The van der Waals surface area contributed by atoms with E-state index in [1.165, 1.54) is 250 Å². The highest BCUT2D eigenvalue weighted by atomic mass is 16.6. The number of unbranched alkanes of at least 4 members (excludes halogenated alkanes) is 45. The van der Waals surface area contributed by atoms with Crippen molar-refractivity contribution in [3.63, 3.8) is 0 Å². The van der Waals surface area contributed by atoms with Crippen LogP contribution in [0.3, 0.4) is 0 Å². The second kappa shape index (κ2) is 64.5. The highest BCUT2D eigenvalue weighted by molar-refractivity contribution is 5.77. The number of ether oxygens (including phenoxy) is 6. The summed E-state index contributed by atoms with van der Waals surface area (Å²) in [5.74, 6) is -6.57. The zero-order chi connectivity index (χ0) is 66.3. The lowest BCUT2D eigenvalue weighted by Crippen LogP contribution is -2.35. The predicted molar refractivity (Wildman–Crippen MR) is 372 cm³/mol. The Morgan fingerprint density at radius 2 is 0.367 bits per heavy atom. The molecule has 0 amide bonds. The molecule has 90 heavy (non-hydrogen) atoms. The van der Waals surface area contributed by atoms with E-state index in [2.05, 4.69) is 20.8 Å². The van der Waals surface area contributed by atoms with Gasteiger partial charge in [-0.2, -0.15) is 0 Å². The third kappa shape index (κ3) is 55.3. The molecule has 0 fully saturated rings. The monoisotopic (exact) mass is 1280 g/mol. The van der Waals surface area contributed by atoms with Crippen LogP contribution in [0, 0.1) is 35.5 Å². The lowest BCUT2D eigenvalue weighted by atomic mass is 9.97. The average Bonchev–Trinajstić information content (AvgIpc) is 3.67. The van der Waals surface area contributed by atoms with E-state index in [9.17, 15) is 28.8 Å². The van der Waals surface area contributed by atoms with Gasteiger partial charge in [0, 0.05) is 0 Å². The minimum Gasteiger partial charge on any atom is -0.465 e. The maximum atomic E-state index is 13.6. The van der Waals surface area contributed by atoms with E-state index in [1.807, 2.05) is 0 Å². The van der Waals surface area contributed by atoms with Crippen LogP contribution >= 0.6 is 0 Å². The van der Waals surface area contributed by atoms with Gasteiger partial charge in [-0.3, -0.25) is 28.8 Å². The van der Waals surface area contributed by atoms with E-state index >= 15 is 0 Å². The lowest BCUT2D eigenvalue weighted by molar-refractivity contribution is -0.172. The van der Waals surface area contributed by atoms with Crippen molar-refractivity contribution in [3.05, 3.63) is 0 Å². The Hall–Kier alpha value is -3.18. The lowest BCUT2D eigenvalue weighted by Gasteiger charge is -2.23. The highest BCUT2D eigenvalue weighted by Gasteiger charge is 2.30. The molecule has 0 aromatic rings. The summed E-state index contributed by atoms with van der Waals surface area (Å²) in [5.41, 5.74) is 0. The van der Waals surface area contributed by atoms with Crippen LogP contribution in [-0.4, -0.2) is 75.0 Å². The standard InChI is InChI=1S/C78H146O12/c1-10-13-16-19-22-25-28-31-34-37-40-43-46-49-52-55-58-85-73(79)66(4)61-69(7)76(82)88-64-72(90-78(84)71(9)63-68(6)75(81)87-60-57-54-51-48-45-42-39-36-33-30-27-24-21-18-15-12-3)65-89-77(83)70(8)62-67(5)74(80)86-59-56-53-50-47-44-41-38-35-32-29-26-23-20-17-14-11-2/h66-72H,10-65H2,1-9H3. The maximum absolute atomic E-state index is 13.6. The first-order valence-electron chi connectivity index (χ1n) is 38.7. The van der Waals surface area contributed by atoms with E-state index in [4.69, 9.17) is 28.4 Å². The maximum Gasteiger partial charge on any atom is 0.309 e. The first-order valence-corrected chi connectivity index (χ1v) is 38.7. The van der Waals surface area contributed by atoms with Gasteiger partial charge in [0.2, 0.25) is 0 Å². The highest BCUT2D eigenvalue weighted by Crippen LogP contribution is 2.23. The van der Waals surface area contributed by atoms with Gasteiger partial charge in [-0.25, -0.2) is 0 Å². The summed E-state index contributed by atoms with van der Waals surface area (Å²) in [4.78, 5) is 79.3. The normalized spacial score (nSPS) is 13.8. The SMILES string of the molecule is CCCCCCCCCCCCCCCCCCOC(=O)C(C)CC(C)C(=O)OCC(COC(=O)C(C)CC(C)C(=O)OCCCCCCCCCCCCCCCCCC)OC(=O)C(C)CC(C)C(=O)OCCCCCCCCCCCCCCCCCC. The van der Waals surface area contributed by atoms with Crippen LogP contribution in [0.4, 0.5) is 0 Å². The molecule has 0 rings (SSSR count). The van der Waals surface area contributed by atoms with Crippen molar-refractivity contribution in [1.82, 2.24) is 0 Å². The third-order valence-corrected chi connectivity index (χ3v) is 18.4. The van der Waals surface area contributed by atoms with Gasteiger partial charge in [0.15, 0.2) is 6.10 Å². The molecule has 0 aliphatic rings. The van der Waals surface area contributed by atoms with E-state index in [1.54, 1.807) is 41.5 Å². The van der Waals surface area contributed by atoms with E-state index in [0.29, 0.717) is 19.8 Å². The molecule has 530 valence electrons. The first kappa shape index (κ1) is 86.8. The summed E-state index contributed by atoms with van der Waals surface area (Å²) in [7, 11) is 0. The van der Waals surface area contributed by atoms with E-state index < -0.39 is 59.5 Å². The molecule has 0 aromatic heterocycles. The molecule has 0 N–H and O–H groups in total. The fraction of sp³-hybridized carbons (Fsp3) is 0.923. The van der Waals surface area contributed by atoms with Crippen LogP contribution < -0.4 is 0 Å². The van der Waals surface area contributed by atoms with Gasteiger partial charge in [-0.15, -0.1) is 0 Å². The number of carbonyl (C=O) groups is 6. The zero-order valence-electron chi connectivity index (χ0n) is 60.5. The molecular formula is C78H146O12. The Balaban J connectivity index is 5.00. The topological polar surface area (TPSA) is 158 Å². The minimum absolute atomic E-state index is 0.178. The van der Waals surface area contributed by atoms with Gasteiger partial charge in [-0.1, -0.05) is 351 Å². The molecule has 12 nitrogen and oxygen atoms in total. The van der Waals surface area contributed by atoms with Crippen LogP contribution in [-0.2, 0) is 57.2 Å². The smallest absolute Gasteiger partial charge is 0.309 e. The molecule has 0 radical (unpaired) electrons. The number of esters is 6. The molecule has 6 atom stereocenters. The molecule has 0 heterocycles. The molecule has 0 bridgehead atoms. The number of rotatable bonds is 68. The summed E-state index contributed by atoms with van der Waals surface area (Å²) in [6, 6.07) is 0. The largest absolute Gasteiger partial charge is 0.465 e. The third-order valence-electron chi connectivity index (χ3n) is 18.4. The molecule has 0 spiro atoms. The van der Waals surface area contributed by atoms with Crippen molar-refractivity contribution in [2.75, 3.05) is 33.0 Å².